The summed E-state index contributed by atoms with van der Waals surface area (Å²) in [5.74, 6) is 0.620. The van der Waals surface area contributed by atoms with Gasteiger partial charge >= 0.3 is 0 Å². The van der Waals surface area contributed by atoms with Crippen molar-refractivity contribution in [3.8, 4) is 0 Å². The van der Waals surface area contributed by atoms with Crippen LogP contribution in [0.25, 0.3) is 0 Å². The van der Waals surface area contributed by atoms with Gasteiger partial charge in [0.25, 0.3) is 0 Å². The van der Waals surface area contributed by atoms with Crippen molar-refractivity contribution >= 4 is 0 Å². The fraction of sp³-hybridized carbons (Fsp3) is 0.667. The predicted molar refractivity (Wildman–Crippen MR) is 61.0 cm³/mol. The van der Waals surface area contributed by atoms with Crippen LogP contribution in [0.5, 0.6) is 0 Å². The third kappa shape index (κ3) is 2.34. The topological polar surface area (TPSA) is 29.0 Å². The van der Waals surface area contributed by atoms with E-state index in [0.717, 1.165) is 11.4 Å². The Morgan fingerprint density at radius 1 is 1.27 bits per heavy atom. The molecule has 0 spiro atoms. The standard InChI is InChI=1S/C12H19N3/c1-9-8-13-12(10(2)14-9)11-4-6-15(3)7-5-11/h8,11H,4-7H2,1-3H3. The van der Waals surface area contributed by atoms with Crippen molar-refractivity contribution in [2.45, 2.75) is 32.6 Å². The molecular weight excluding hydrogens is 186 g/mol. The maximum Gasteiger partial charge on any atom is 0.0647 e. The molecule has 15 heavy (non-hydrogen) atoms. The lowest BCUT2D eigenvalue weighted by atomic mass is 9.92. The molecule has 2 heterocycles. The number of piperidine rings is 1. The first kappa shape index (κ1) is 10.6. The highest BCUT2D eigenvalue weighted by atomic mass is 15.1. The Kier molecular flexibility index (Phi) is 3.00. The van der Waals surface area contributed by atoms with E-state index < -0.39 is 0 Å². The molecule has 0 atom stereocenters. The Morgan fingerprint density at radius 3 is 2.53 bits per heavy atom. The summed E-state index contributed by atoms with van der Waals surface area (Å²) in [6, 6.07) is 0. The summed E-state index contributed by atoms with van der Waals surface area (Å²) in [4.78, 5) is 11.4. The van der Waals surface area contributed by atoms with Gasteiger partial charge in [-0.15, -0.1) is 0 Å². The van der Waals surface area contributed by atoms with Gasteiger partial charge in [-0.1, -0.05) is 0 Å². The second-order valence-electron chi connectivity index (χ2n) is 4.56. The quantitative estimate of drug-likeness (QED) is 0.701. The fourth-order valence-electron chi connectivity index (χ4n) is 2.29. The lowest BCUT2D eigenvalue weighted by Gasteiger charge is -2.29. The highest BCUT2D eigenvalue weighted by Gasteiger charge is 2.21. The molecule has 0 amide bonds. The van der Waals surface area contributed by atoms with Gasteiger partial charge in [0, 0.05) is 12.1 Å². The number of aryl methyl sites for hydroxylation is 2. The van der Waals surface area contributed by atoms with Gasteiger partial charge in [0.15, 0.2) is 0 Å². The van der Waals surface area contributed by atoms with Gasteiger partial charge in [-0.25, -0.2) is 0 Å². The zero-order valence-corrected chi connectivity index (χ0v) is 9.82. The molecule has 82 valence electrons. The van der Waals surface area contributed by atoms with Crippen LogP contribution in [-0.4, -0.2) is 35.0 Å². The van der Waals surface area contributed by atoms with E-state index in [0.29, 0.717) is 5.92 Å². The summed E-state index contributed by atoms with van der Waals surface area (Å²) in [6.45, 7) is 6.44. The first-order chi connectivity index (χ1) is 7.16. The monoisotopic (exact) mass is 205 g/mol. The maximum absolute atomic E-state index is 4.55. The van der Waals surface area contributed by atoms with Crippen LogP contribution >= 0.6 is 0 Å². The van der Waals surface area contributed by atoms with E-state index in [9.17, 15) is 0 Å². The van der Waals surface area contributed by atoms with E-state index in [1.165, 1.54) is 31.6 Å². The second kappa shape index (κ2) is 4.27. The Hall–Kier alpha value is -0.960. The van der Waals surface area contributed by atoms with Gasteiger partial charge in [0.05, 0.1) is 17.1 Å². The minimum atomic E-state index is 0.620. The summed E-state index contributed by atoms with van der Waals surface area (Å²) in [5, 5.41) is 0. The maximum atomic E-state index is 4.55. The molecule has 0 aliphatic carbocycles. The highest BCUT2D eigenvalue weighted by molar-refractivity contribution is 5.17. The van der Waals surface area contributed by atoms with Crippen LogP contribution < -0.4 is 0 Å². The third-order valence-corrected chi connectivity index (χ3v) is 3.21. The molecule has 1 aliphatic heterocycles. The van der Waals surface area contributed by atoms with Crippen molar-refractivity contribution < 1.29 is 0 Å². The molecule has 0 N–H and O–H groups in total. The molecule has 0 bridgehead atoms. The van der Waals surface area contributed by atoms with Crippen LogP contribution in [0.3, 0.4) is 0 Å². The third-order valence-electron chi connectivity index (χ3n) is 3.21. The molecule has 1 aliphatic rings. The van der Waals surface area contributed by atoms with E-state index in [1.54, 1.807) is 0 Å². The Morgan fingerprint density at radius 2 is 1.93 bits per heavy atom. The fourth-order valence-corrected chi connectivity index (χ4v) is 2.29. The van der Waals surface area contributed by atoms with E-state index in [1.807, 2.05) is 13.1 Å². The van der Waals surface area contributed by atoms with Crippen molar-refractivity contribution in [3.05, 3.63) is 23.3 Å². The Bertz CT molecular complexity index is 341. The van der Waals surface area contributed by atoms with Crippen molar-refractivity contribution in [2.24, 2.45) is 0 Å². The SMILES string of the molecule is Cc1cnc(C2CCN(C)CC2)c(C)n1. The first-order valence-corrected chi connectivity index (χ1v) is 5.65. The molecule has 0 unspecified atom stereocenters. The van der Waals surface area contributed by atoms with Crippen LogP contribution in [0.1, 0.15) is 35.8 Å². The van der Waals surface area contributed by atoms with Crippen LogP contribution in [-0.2, 0) is 0 Å². The van der Waals surface area contributed by atoms with Crippen molar-refractivity contribution in [3.63, 3.8) is 0 Å². The molecule has 2 rings (SSSR count). The lowest BCUT2D eigenvalue weighted by Crippen LogP contribution is -2.30. The van der Waals surface area contributed by atoms with Gasteiger partial charge in [0.1, 0.15) is 0 Å². The zero-order chi connectivity index (χ0) is 10.8. The number of nitrogens with zero attached hydrogens (tertiary/aromatic N) is 3. The Labute approximate surface area is 91.5 Å². The molecule has 0 aromatic carbocycles. The van der Waals surface area contributed by atoms with Gasteiger partial charge in [-0.05, 0) is 46.8 Å². The highest BCUT2D eigenvalue weighted by Crippen LogP contribution is 2.27. The zero-order valence-electron chi connectivity index (χ0n) is 9.82. The number of hydrogen-bond acceptors (Lipinski definition) is 3. The summed E-state index contributed by atoms with van der Waals surface area (Å²) in [7, 11) is 2.18. The van der Waals surface area contributed by atoms with Crippen molar-refractivity contribution in [1.82, 2.24) is 14.9 Å². The van der Waals surface area contributed by atoms with Crippen LogP contribution in [0.2, 0.25) is 0 Å². The summed E-state index contributed by atoms with van der Waals surface area (Å²) in [6.07, 6.45) is 4.32. The summed E-state index contributed by atoms with van der Waals surface area (Å²) >= 11 is 0. The molecule has 0 radical (unpaired) electrons. The summed E-state index contributed by atoms with van der Waals surface area (Å²) in [5.41, 5.74) is 3.35. The normalized spacial score (nSPS) is 19.4. The second-order valence-corrected chi connectivity index (χ2v) is 4.56. The largest absolute Gasteiger partial charge is 0.306 e. The molecule has 1 saturated heterocycles. The van der Waals surface area contributed by atoms with Crippen LogP contribution in [0.15, 0.2) is 6.20 Å². The average Bonchev–Trinajstić information content (AvgIpc) is 2.20. The molecule has 1 aromatic heterocycles. The molecular formula is C12H19N3. The lowest BCUT2D eigenvalue weighted by molar-refractivity contribution is 0.252. The van der Waals surface area contributed by atoms with Gasteiger partial charge in [-0.2, -0.15) is 0 Å². The minimum Gasteiger partial charge on any atom is -0.306 e. The number of likely N-dealkylation sites (tertiary alicyclic amines) is 1. The minimum absolute atomic E-state index is 0.620. The molecule has 1 aromatic rings. The molecule has 1 fully saturated rings. The van der Waals surface area contributed by atoms with E-state index in [2.05, 4.69) is 28.8 Å². The predicted octanol–water partition coefficient (Wildman–Crippen LogP) is 1.90. The van der Waals surface area contributed by atoms with E-state index in [4.69, 9.17) is 0 Å². The smallest absolute Gasteiger partial charge is 0.0647 e. The first-order valence-electron chi connectivity index (χ1n) is 5.65. The molecule has 3 nitrogen and oxygen atoms in total. The Balaban J connectivity index is 2.15. The van der Waals surface area contributed by atoms with Crippen molar-refractivity contribution in [2.75, 3.05) is 20.1 Å². The van der Waals surface area contributed by atoms with Crippen LogP contribution in [0.4, 0.5) is 0 Å². The van der Waals surface area contributed by atoms with E-state index >= 15 is 0 Å². The number of hydrogen-bond donors (Lipinski definition) is 0. The van der Waals surface area contributed by atoms with Gasteiger partial charge in [0.2, 0.25) is 0 Å². The average molecular weight is 205 g/mol. The van der Waals surface area contributed by atoms with Crippen molar-refractivity contribution in [1.29, 1.82) is 0 Å². The number of aromatic nitrogens is 2. The van der Waals surface area contributed by atoms with Gasteiger partial charge < -0.3 is 4.90 Å². The molecule has 0 saturated carbocycles. The summed E-state index contributed by atoms with van der Waals surface area (Å²) < 4.78 is 0. The van der Waals surface area contributed by atoms with E-state index in [-0.39, 0.29) is 0 Å². The van der Waals surface area contributed by atoms with Crippen LogP contribution in [0, 0.1) is 13.8 Å². The molecule has 3 heteroatoms. The number of rotatable bonds is 1. The van der Waals surface area contributed by atoms with Gasteiger partial charge in [-0.3, -0.25) is 9.97 Å².